The minimum Gasteiger partial charge on any atom is -1.00 e. The molecular weight excluding hydrogens is 603 g/mol. The maximum absolute atomic E-state index is 14.9. The standard InChI is InChI=1S/C28H28ClF2N3O4S2.Na.H/c1-28(2,19-5-11-23(29)25(14-19)38-3)26-16-33-27(34(26)22-9-6-20(30)7-10-22)39-17-18-4-8-21(15-24(18)31)32-12-13-40(35,36)37;;/h4-11,14-16,32H,12-13,17H2,1-3H3,(H,35,36,37);;/q;+1;-1. The van der Waals surface area contributed by atoms with Crippen LogP contribution in [-0.4, -0.2) is 41.9 Å². The van der Waals surface area contributed by atoms with Crippen LogP contribution in [0.3, 0.4) is 0 Å². The van der Waals surface area contributed by atoms with E-state index in [4.69, 9.17) is 20.9 Å². The van der Waals surface area contributed by atoms with Gasteiger partial charge < -0.3 is 11.5 Å². The Morgan fingerprint density at radius 3 is 2.46 bits per heavy atom. The maximum atomic E-state index is 14.9. The van der Waals surface area contributed by atoms with Gasteiger partial charge in [0.25, 0.3) is 10.1 Å². The molecule has 4 aromatic rings. The van der Waals surface area contributed by atoms with Crippen molar-refractivity contribution < 1.29 is 57.5 Å². The average molecular weight is 632 g/mol. The van der Waals surface area contributed by atoms with Crippen molar-refractivity contribution in [2.45, 2.75) is 30.2 Å². The number of hydrogen-bond donors (Lipinski definition) is 2. The Bertz CT molecular complexity index is 1620. The first-order chi connectivity index (χ1) is 18.9. The molecule has 1 aromatic heterocycles. The van der Waals surface area contributed by atoms with E-state index in [0.29, 0.717) is 32.9 Å². The van der Waals surface area contributed by atoms with Crippen LogP contribution in [-0.2, 0) is 21.3 Å². The molecule has 0 saturated carbocycles. The summed E-state index contributed by atoms with van der Waals surface area (Å²) in [5.41, 5.74) is 2.69. The Kier molecular flexibility index (Phi) is 11.3. The summed E-state index contributed by atoms with van der Waals surface area (Å²) in [6.45, 7) is 4.02. The largest absolute Gasteiger partial charge is 1.00 e. The smallest absolute Gasteiger partial charge is 1.00 e. The quantitative estimate of drug-likeness (QED) is 0.148. The topological polar surface area (TPSA) is 93.4 Å². The first kappa shape index (κ1) is 33.4. The molecule has 3 aromatic carbocycles. The number of nitrogens with zero attached hydrogens (tertiary/aromatic N) is 2. The Hall–Kier alpha value is -2.12. The van der Waals surface area contributed by atoms with Crippen molar-refractivity contribution in [2.75, 3.05) is 24.7 Å². The van der Waals surface area contributed by atoms with Crippen LogP contribution in [0.1, 0.15) is 32.1 Å². The second-order valence-corrected chi connectivity index (χ2v) is 12.4. The Morgan fingerprint density at radius 1 is 1.12 bits per heavy atom. The van der Waals surface area contributed by atoms with Gasteiger partial charge in [-0.25, -0.2) is 13.8 Å². The van der Waals surface area contributed by atoms with Gasteiger partial charge in [-0.05, 0) is 59.7 Å². The van der Waals surface area contributed by atoms with Crippen LogP contribution in [0.5, 0.6) is 5.75 Å². The summed E-state index contributed by atoms with van der Waals surface area (Å²) in [5.74, 6) is -0.531. The van der Waals surface area contributed by atoms with Crippen LogP contribution in [0.15, 0.2) is 72.0 Å². The van der Waals surface area contributed by atoms with Crippen molar-refractivity contribution in [3.8, 4) is 11.4 Å². The zero-order chi connectivity index (χ0) is 29.1. The van der Waals surface area contributed by atoms with Gasteiger partial charge in [-0.15, -0.1) is 0 Å². The number of thioether (sulfide) groups is 1. The monoisotopic (exact) mass is 631 g/mol. The Morgan fingerprint density at radius 2 is 1.83 bits per heavy atom. The summed E-state index contributed by atoms with van der Waals surface area (Å²) >= 11 is 7.58. The molecule has 7 nitrogen and oxygen atoms in total. The van der Waals surface area contributed by atoms with Crippen molar-refractivity contribution in [1.29, 1.82) is 0 Å². The van der Waals surface area contributed by atoms with E-state index >= 15 is 0 Å². The van der Waals surface area contributed by atoms with Gasteiger partial charge in [0.2, 0.25) is 0 Å². The van der Waals surface area contributed by atoms with E-state index in [-0.39, 0.29) is 49.1 Å². The molecule has 0 unspecified atom stereocenters. The molecule has 0 bridgehead atoms. The van der Waals surface area contributed by atoms with Gasteiger partial charge in [0, 0.05) is 29.1 Å². The van der Waals surface area contributed by atoms with Crippen LogP contribution in [0.4, 0.5) is 14.5 Å². The summed E-state index contributed by atoms with van der Waals surface area (Å²) in [5, 5.41) is 3.86. The molecule has 4 rings (SSSR count). The fourth-order valence-corrected chi connectivity index (χ4v) is 5.69. The zero-order valence-corrected chi connectivity index (χ0v) is 27.4. The van der Waals surface area contributed by atoms with Gasteiger partial charge in [0.15, 0.2) is 5.16 Å². The van der Waals surface area contributed by atoms with Crippen LogP contribution in [0.25, 0.3) is 5.69 Å². The Labute approximate surface area is 271 Å². The molecule has 0 spiro atoms. The summed E-state index contributed by atoms with van der Waals surface area (Å²) in [4.78, 5) is 4.65. The van der Waals surface area contributed by atoms with Crippen molar-refractivity contribution in [3.63, 3.8) is 0 Å². The molecule has 0 radical (unpaired) electrons. The molecule has 0 fully saturated rings. The SMILES string of the molecule is COc1cc(C(C)(C)c2cnc(SCc3ccc(NCCS(=O)(=O)O)cc3F)n2-c2ccc(F)cc2)ccc1Cl.[H-].[Na+]. The fourth-order valence-electron chi connectivity index (χ4n) is 4.15. The number of ether oxygens (including phenoxy) is 1. The van der Waals surface area contributed by atoms with Crippen molar-refractivity contribution in [3.05, 3.63) is 100 Å². The number of hydrogen-bond acceptors (Lipinski definition) is 6. The average Bonchev–Trinajstić information content (AvgIpc) is 3.33. The zero-order valence-electron chi connectivity index (χ0n) is 24.0. The molecule has 41 heavy (non-hydrogen) atoms. The second kappa shape index (κ2) is 13.9. The van der Waals surface area contributed by atoms with Crippen LogP contribution in [0.2, 0.25) is 5.02 Å². The number of anilines is 1. The third-order valence-corrected chi connectivity index (χ3v) is 8.46. The number of aromatic nitrogens is 2. The van der Waals surface area contributed by atoms with E-state index in [1.54, 1.807) is 43.6 Å². The molecule has 214 valence electrons. The molecule has 0 aliphatic rings. The molecule has 0 aliphatic heterocycles. The van der Waals surface area contributed by atoms with E-state index in [0.717, 1.165) is 11.3 Å². The molecule has 0 saturated heterocycles. The normalized spacial score (nSPS) is 11.7. The van der Waals surface area contributed by atoms with E-state index in [9.17, 15) is 17.2 Å². The number of benzene rings is 3. The molecule has 0 amide bonds. The van der Waals surface area contributed by atoms with Crippen molar-refractivity contribution in [2.24, 2.45) is 0 Å². The Balaban J connectivity index is 0.00000308. The van der Waals surface area contributed by atoms with Gasteiger partial charge in [-0.1, -0.05) is 49.3 Å². The van der Waals surface area contributed by atoms with E-state index in [1.165, 1.54) is 30.0 Å². The van der Waals surface area contributed by atoms with Crippen LogP contribution < -0.4 is 39.6 Å². The molecule has 0 aliphatic carbocycles. The minimum atomic E-state index is -4.12. The maximum Gasteiger partial charge on any atom is 1.00 e. The van der Waals surface area contributed by atoms with Crippen LogP contribution in [0, 0.1) is 11.6 Å². The number of nitrogens with one attached hydrogen (secondary N) is 1. The van der Waals surface area contributed by atoms with Crippen LogP contribution >= 0.6 is 23.4 Å². The molecular formula is C28H29ClF2N3NaO4S2. The first-order valence-electron chi connectivity index (χ1n) is 12.2. The number of rotatable bonds is 11. The number of imidazole rings is 1. The molecule has 2 N–H and O–H groups in total. The minimum absolute atomic E-state index is 0. The third-order valence-electron chi connectivity index (χ3n) is 6.43. The number of halogens is 3. The fraction of sp³-hybridized carbons (Fsp3) is 0.250. The van der Waals surface area contributed by atoms with Gasteiger partial charge >= 0.3 is 29.6 Å². The third kappa shape index (κ3) is 8.25. The predicted octanol–water partition coefficient (Wildman–Crippen LogP) is 3.85. The second-order valence-electron chi connectivity index (χ2n) is 9.52. The van der Waals surface area contributed by atoms with Gasteiger partial charge in [-0.2, -0.15) is 8.42 Å². The molecule has 0 atom stereocenters. The van der Waals surface area contributed by atoms with E-state index in [2.05, 4.69) is 10.3 Å². The number of methoxy groups -OCH3 is 1. The summed E-state index contributed by atoms with van der Waals surface area (Å²) < 4.78 is 66.7. The van der Waals surface area contributed by atoms with Gasteiger partial charge in [0.1, 0.15) is 17.4 Å². The van der Waals surface area contributed by atoms with Crippen molar-refractivity contribution in [1.82, 2.24) is 9.55 Å². The summed E-state index contributed by atoms with van der Waals surface area (Å²) in [7, 11) is -2.56. The van der Waals surface area contributed by atoms with E-state index < -0.39 is 27.1 Å². The van der Waals surface area contributed by atoms with Crippen molar-refractivity contribution >= 4 is 39.2 Å². The summed E-state index contributed by atoms with van der Waals surface area (Å²) in [6.07, 6.45) is 1.76. The van der Waals surface area contributed by atoms with E-state index in [1.807, 2.05) is 30.5 Å². The molecule has 1 heterocycles. The summed E-state index contributed by atoms with van der Waals surface area (Å²) in [6, 6.07) is 16.2. The predicted molar refractivity (Wildman–Crippen MR) is 156 cm³/mol. The first-order valence-corrected chi connectivity index (χ1v) is 15.1. The van der Waals surface area contributed by atoms with Gasteiger partial charge in [-0.3, -0.25) is 9.12 Å². The molecule has 13 heteroatoms. The van der Waals surface area contributed by atoms with Gasteiger partial charge in [0.05, 0.1) is 29.8 Å².